The zero-order valence-electron chi connectivity index (χ0n) is 14.6. The Morgan fingerprint density at radius 1 is 1.33 bits per heavy atom. The van der Waals surface area contributed by atoms with Gasteiger partial charge in [-0.05, 0) is 49.9 Å². The number of hydrogen-bond acceptors (Lipinski definition) is 3. The van der Waals surface area contributed by atoms with Crippen molar-refractivity contribution >= 4 is 18.3 Å². The van der Waals surface area contributed by atoms with Crippen molar-refractivity contribution in [2.45, 2.75) is 32.1 Å². The summed E-state index contributed by atoms with van der Waals surface area (Å²) in [6.45, 7) is 8.39. The van der Waals surface area contributed by atoms with E-state index in [1.807, 2.05) is 6.92 Å². The van der Waals surface area contributed by atoms with Gasteiger partial charge in [0.2, 0.25) is 5.91 Å². The number of benzene rings is 1. The van der Waals surface area contributed by atoms with E-state index in [-0.39, 0.29) is 29.6 Å². The average molecular weight is 353 g/mol. The molecule has 0 bridgehead atoms. The number of ether oxygens (including phenoxy) is 1. The van der Waals surface area contributed by atoms with Crippen molar-refractivity contribution in [3.05, 3.63) is 35.4 Å². The number of halogens is 1. The van der Waals surface area contributed by atoms with Crippen molar-refractivity contribution in [1.29, 1.82) is 0 Å². The van der Waals surface area contributed by atoms with Crippen LogP contribution in [0.4, 0.5) is 0 Å². The summed E-state index contributed by atoms with van der Waals surface area (Å²) in [5.74, 6) is 0.764. The highest BCUT2D eigenvalue weighted by Crippen LogP contribution is 2.36. The zero-order chi connectivity index (χ0) is 16.3. The van der Waals surface area contributed by atoms with Crippen molar-refractivity contribution in [3.63, 3.8) is 0 Å². The van der Waals surface area contributed by atoms with Crippen LogP contribution in [0.1, 0.15) is 30.9 Å². The maximum Gasteiger partial charge on any atom is 0.223 e. The van der Waals surface area contributed by atoms with E-state index in [1.54, 1.807) is 0 Å². The minimum absolute atomic E-state index is 0. The second-order valence-corrected chi connectivity index (χ2v) is 7.13. The van der Waals surface area contributed by atoms with Gasteiger partial charge in [0.1, 0.15) is 0 Å². The lowest BCUT2D eigenvalue weighted by molar-refractivity contribution is -0.127. The van der Waals surface area contributed by atoms with Gasteiger partial charge < -0.3 is 15.4 Å². The van der Waals surface area contributed by atoms with Gasteiger partial charge >= 0.3 is 0 Å². The van der Waals surface area contributed by atoms with Crippen LogP contribution in [0.25, 0.3) is 0 Å². The normalized spacial score (nSPS) is 21.2. The molecule has 24 heavy (non-hydrogen) atoms. The molecule has 0 aromatic heterocycles. The molecule has 2 fully saturated rings. The fraction of sp³-hybridized carbons (Fsp3) is 0.632. The predicted molar refractivity (Wildman–Crippen MR) is 98.7 cm³/mol. The van der Waals surface area contributed by atoms with Crippen LogP contribution in [0.3, 0.4) is 0 Å². The Morgan fingerprint density at radius 2 is 2.00 bits per heavy atom. The second kappa shape index (κ2) is 8.32. The molecule has 1 aromatic rings. The number of hydrogen-bond donors (Lipinski definition) is 2. The molecule has 0 aliphatic carbocycles. The van der Waals surface area contributed by atoms with Crippen molar-refractivity contribution in [3.8, 4) is 0 Å². The van der Waals surface area contributed by atoms with E-state index in [1.165, 1.54) is 11.1 Å². The second-order valence-electron chi connectivity index (χ2n) is 7.13. The lowest BCUT2D eigenvalue weighted by Crippen LogP contribution is -2.52. The van der Waals surface area contributed by atoms with E-state index in [2.05, 4.69) is 41.8 Å². The van der Waals surface area contributed by atoms with Gasteiger partial charge in [-0.2, -0.15) is 0 Å². The number of amides is 1. The third kappa shape index (κ3) is 3.93. The van der Waals surface area contributed by atoms with Crippen molar-refractivity contribution < 1.29 is 9.53 Å². The van der Waals surface area contributed by atoms with Crippen LogP contribution in [0, 0.1) is 18.8 Å². The van der Waals surface area contributed by atoms with Crippen LogP contribution < -0.4 is 10.6 Å². The lowest BCUT2D eigenvalue weighted by Gasteiger charge is -2.39. The first-order chi connectivity index (χ1) is 11.1. The van der Waals surface area contributed by atoms with Crippen molar-refractivity contribution in [2.75, 3.05) is 32.8 Å². The summed E-state index contributed by atoms with van der Waals surface area (Å²) in [5, 5.41) is 6.49. The fourth-order valence-corrected chi connectivity index (χ4v) is 3.77. The number of carbonyl (C=O) groups excluding carboxylic acids is 1. The van der Waals surface area contributed by atoms with E-state index in [0.29, 0.717) is 12.5 Å². The molecule has 0 saturated carbocycles. The Kier molecular flexibility index (Phi) is 6.67. The molecule has 1 unspecified atom stereocenters. The first-order valence-corrected chi connectivity index (χ1v) is 8.75. The molecule has 0 radical (unpaired) electrons. The van der Waals surface area contributed by atoms with Gasteiger partial charge in [0.15, 0.2) is 0 Å². The monoisotopic (exact) mass is 352 g/mol. The Labute approximate surface area is 151 Å². The van der Waals surface area contributed by atoms with Crippen LogP contribution in [-0.2, 0) is 14.9 Å². The van der Waals surface area contributed by atoms with Gasteiger partial charge in [-0.3, -0.25) is 4.79 Å². The molecule has 4 nitrogen and oxygen atoms in total. The summed E-state index contributed by atoms with van der Waals surface area (Å²) >= 11 is 0. The van der Waals surface area contributed by atoms with Gasteiger partial charge in [-0.25, -0.2) is 0 Å². The Morgan fingerprint density at radius 3 is 2.58 bits per heavy atom. The average Bonchev–Trinajstić information content (AvgIpc) is 2.52. The number of aryl methyl sites for hydroxylation is 1. The van der Waals surface area contributed by atoms with E-state index in [9.17, 15) is 4.79 Å². The maximum atomic E-state index is 12.5. The maximum absolute atomic E-state index is 12.5. The molecule has 2 aliphatic heterocycles. The summed E-state index contributed by atoms with van der Waals surface area (Å²) in [4.78, 5) is 12.5. The summed E-state index contributed by atoms with van der Waals surface area (Å²) < 4.78 is 5.58. The van der Waals surface area contributed by atoms with Gasteiger partial charge in [0.05, 0.1) is 0 Å². The number of carbonyl (C=O) groups is 1. The summed E-state index contributed by atoms with van der Waals surface area (Å²) in [5.41, 5.74) is 2.68. The minimum Gasteiger partial charge on any atom is -0.381 e. The summed E-state index contributed by atoms with van der Waals surface area (Å²) in [7, 11) is 0. The quantitative estimate of drug-likeness (QED) is 0.855. The standard InChI is InChI=1S/C19H28N2O2.ClH/c1-14-5-3-4-6-17(14)19(7-9-23-10-8-19)13-21-18(22)15(2)16-11-20-12-16;/h3-6,15-16,20H,7-13H2,1-2H3,(H,21,22);1H. The first-order valence-electron chi connectivity index (χ1n) is 8.75. The van der Waals surface area contributed by atoms with E-state index < -0.39 is 0 Å². The lowest BCUT2D eigenvalue weighted by atomic mass is 9.72. The first kappa shape index (κ1) is 19.2. The molecule has 2 saturated heterocycles. The molecular formula is C19H29ClN2O2. The molecule has 1 aromatic carbocycles. The van der Waals surface area contributed by atoms with Crippen LogP contribution >= 0.6 is 12.4 Å². The van der Waals surface area contributed by atoms with Gasteiger partial charge in [-0.15, -0.1) is 12.4 Å². The molecule has 5 heteroatoms. The van der Waals surface area contributed by atoms with Crippen molar-refractivity contribution in [2.24, 2.45) is 11.8 Å². The third-order valence-electron chi connectivity index (χ3n) is 5.70. The Hall–Kier alpha value is -1.10. The topological polar surface area (TPSA) is 50.4 Å². The minimum atomic E-state index is 0. The summed E-state index contributed by atoms with van der Waals surface area (Å²) in [6.07, 6.45) is 1.94. The van der Waals surface area contributed by atoms with E-state index in [4.69, 9.17) is 4.74 Å². The van der Waals surface area contributed by atoms with Gasteiger partial charge in [0, 0.05) is 31.1 Å². The molecule has 1 atom stereocenters. The predicted octanol–water partition coefficient (Wildman–Crippen LogP) is 2.44. The highest BCUT2D eigenvalue weighted by Gasteiger charge is 2.37. The number of nitrogens with one attached hydrogen (secondary N) is 2. The number of rotatable bonds is 5. The van der Waals surface area contributed by atoms with Crippen LogP contribution in [0.2, 0.25) is 0 Å². The molecule has 134 valence electrons. The molecule has 1 amide bonds. The van der Waals surface area contributed by atoms with E-state index >= 15 is 0 Å². The Bertz CT molecular complexity index is 554. The van der Waals surface area contributed by atoms with Gasteiger partial charge in [0.25, 0.3) is 0 Å². The van der Waals surface area contributed by atoms with Crippen LogP contribution in [-0.4, -0.2) is 38.8 Å². The van der Waals surface area contributed by atoms with E-state index in [0.717, 1.165) is 39.1 Å². The smallest absolute Gasteiger partial charge is 0.223 e. The van der Waals surface area contributed by atoms with Gasteiger partial charge in [-0.1, -0.05) is 31.2 Å². The van der Waals surface area contributed by atoms with Crippen LogP contribution in [0.5, 0.6) is 0 Å². The molecule has 2 aliphatic rings. The molecule has 2 heterocycles. The third-order valence-corrected chi connectivity index (χ3v) is 5.70. The van der Waals surface area contributed by atoms with Crippen molar-refractivity contribution in [1.82, 2.24) is 10.6 Å². The molecule has 2 N–H and O–H groups in total. The highest BCUT2D eigenvalue weighted by atomic mass is 35.5. The summed E-state index contributed by atoms with van der Waals surface area (Å²) in [6, 6.07) is 8.56. The molecular weight excluding hydrogens is 324 g/mol. The highest BCUT2D eigenvalue weighted by molar-refractivity contribution is 5.85. The SMILES string of the molecule is Cc1ccccc1C1(CNC(=O)C(C)C2CNC2)CCOCC1.Cl. The fourth-order valence-electron chi connectivity index (χ4n) is 3.77. The Balaban J connectivity index is 0.00000208. The molecule has 3 rings (SSSR count). The largest absolute Gasteiger partial charge is 0.381 e. The van der Waals surface area contributed by atoms with Crippen LogP contribution in [0.15, 0.2) is 24.3 Å². The zero-order valence-corrected chi connectivity index (χ0v) is 15.5. The molecule has 0 spiro atoms.